The van der Waals surface area contributed by atoms with Gasteiger partial charge in [0.25, 0.3) is 0 Å². The first-order valence-corrected chi connectivity index (χ1v) is 7.96. The molecule has 2 aromatic heterocycles. The van der Waals surface area contributed by atoms with Crippen LogP contribution >= 0.6 is 22.7 Å². The van der Waals surface area contributed by atoms with Crippen molar-refractivity contribution in [3.8, 4) is 0 Å². The van der Waals surface area contributed by atoms with Gasteiger partial charge in [0.05, 0.1) is 11.0 Å². The Morgan fingerprint density at radius 1 is 1.45 bits per heavy atom. The maximum atomic E-state index is 10.6. The molecule has 0 aliphatic rings. The average molecular weight is 311 g/mol. The van der Waals surface area contributed by atoms with Crippen molar-refractivity contribution in [1.82, 2.24) is 10.2 Å². The molecule has 2 heterocycles. The molecule has 108 valence electrons. The third-order valence-corrected chi connectivity index (χ3v) is 4.88. The van der Waals surface area contributed by atoms with Gasteiger partial charge in [-0.05, 0) is 31.1 Å². The van der Waals surface area contributed by atoms with Crippen LogP contribution in [0.4, 0.5) is 5.00 Å². The van der Waals surface area contributed by atoms with E-state index in [1.165, 1.54) is 16.2 Å². The van der Waals surface area contributed by atoms with Gasteiger partial charge in [0.15, 0.2) is 0 Å². The molecule has 2 rings (SSSR count). The van der Waals surface area contributed by atoms with Gasteiger partial charge in [-0.3, -0.25) is 10.1 Å². The number of hydrogen-bond acceptors (Lipinski definition) is 6. The van der Waals surface area contributed by atoms with Gasteiger partial charge in [0.1, 0.15) is 0 Å². The molecule has 0 aromatic carbocycles. The smallest absolute Gasteiger partial charge is 0.311 e. The van der Waals surface area contributed by atoms with Gasteiger partial charge in [-0.2, -0.15) is 0 Å². The summed E-state index contributed by atoms with van der Waals surface area (Å²) in [6, 6.07) is 6.14. The van der Waals surface area contributed by atoms with E-state index in [-0.39, 0.29) is 9.92 Å². The van der Waals surface area contributed by atoms with Crippen LogP contribution in [0.15, 0.2) is 29.0 Å². The van der Waals surface area contributed by atoms with Crippen LogP contribution in [0.3, 0.4) is 0 Å². The van der Waals surface area contributed by atoms with Gasteiger partial charge in [-0.1, -0.05) is 17.4 Å². The summed E-state index contributed by atoms with van der Waals surface area (Å²) in [5.74, 6) is 0. The van der Waals surface area contributed by atoms with Crippen molar-refractivity contribution in [2.45, 2.75) is 12.6 Å². The molecule has 0 radical (unpaired) electrons. The number of likely N-dealkylation sites (N-methyl/N-ethyl adjacent to an activating group) is 1. The molecule has 1 unspecified atom stereocenters. The zero-order valence-electron chi connectivity index (χ0n) is 11.4. The molecule has 0 spiro atoms. The summed E-state index contributed by atoms with van der Waals surface area (Å²) in [4.78, 5) is 13.8. The Labute approximate surface area is 126 Å². The highest BCUT2D eigenvalue weighted by molar-refractivity contribution is 7.13. The van der Waals surface area contributed by atoms with Crippen LogP contribution in [0, 0.1) is 10.1 Å². The van der Waals surface area contributed by atoms with E-state index in [1.54, 1.807) is 17.4 Å². The van der Waals surface area contributed by atoms with Crippen LogP contribution in [0.2, 0.25) is 0 Å². The number of nitro groups is 1. The summed E-state index contributed by atoms with van der Waals surface area (Å²) in [5.41, 5.74) is 0.963. The lowest BCUT2D eigenvalue weighted by Gasteiger charge is -2.23. The van der Waals surface area contributed by atoms with E-state index in [4.69, 9.17) is 0 Å². The van der Waals surface area contributed by atoms with Gasteiger partial charge in [0, 0.05) is 29.4 Å². The van der Waals surface area contributed by atoms with Gasteiger partial charge in [0.2, 0.25) is 0 Å². The summed E-state index contributed by atoms with van der Waals surface area (Å²) < 4.78 is 0. The van der Waals surface area contributed by atoms with E-state index in [0.717, 1.165) is 12.1 Å². The van der Waals surface area contributed by atoms with Crippen LogP contribution in [0.25, 0.3) is 0 Å². The number of thiophene rings is 2. The number of hydrogen-bond donors (Lipinski definition) is 1. The minimum Gasteiger partial charge on any atom is -0.311 e. The summed E-state index contributed by atoms with van der Waals surface area (Å²) >= 11 is 2.92. The van der Waals surface area contributed by atoms with E-state index in [9.17, 15) is 10.1 Å². The van der Waals surface area contributed by atoms with Gasteiger partial charge in [-0.25, -0.2) is 0 Å². The fourth-order valence-corrected chi connectivity index (χ4v) is 3.57. The second kappa shape index (κ2) is 6.94. The SMILES string of the molecule is CN(C)C(CNCc1csc([N+](=O)[O-])c1)c1cccs1. The second-order valence-electron chi connectivity index (χ2n) is 4.68. The molecule has 0 amide bonds. The molecule has 1 N–H and O–H groups in total. The summed E-state index contributed by atoms with van der Waals surface area (Å²) in [6.45, 7) is 1.47. The minimum absolute atomic E-state index is 0.198. The van der Waals surface area contributed by atoms with Crippen LogP contribution in [-0.4, -0.2) is 30.5 Å². The molecule has 0 saturated heterocycles. The monoisotopic (exact) mass is 311 g/mol. The molecular weight excluding hydrogens is 294 g/mol. The molecular formula is C13H17N3O2S2. The topological polar surface area (TPSA) is 58.4 Å². The normalized spacial score (nSPS) is 12.8. The van der Waals surface area contributed by atoms with Crippen molar-refractivity contribution in [2.24, 2.45) is 0 Å². The van der Waals surface area contributed by atoms with Crippen molar-refractivity contribution >= 4 is 27.7 Å². The Kier molecular flexibility index (Phi) is 5.24. The van der Waals surface area contributed by atoms with Crippen LogP contribution in [-0.2, 0) is 6.54 Å². The molecule has 0 aliphatic carbocycles. The molecule has 2 aromatic rings. The Hall–Kier alpha value is -1.28. The highest BCUT2D eigenvalue weighted by atomic mass is 32.1. The van der Waals surface area contributed by atoms with Crippen LogP contribution in [0.1, 0.15) is 16.5 Å². The fraction of sp³-hybridized carbons (Fsp3) is 0.385. The molecule has 7 heteroatoms. The highest BCUT2D eigenvalue weighted by Crippen LogP contribution is 2.24. The fourth-order valence-electron chi connectivity index (χ4n) is 1.92. The van der Waals surface area contributed by atoms with Gasteiger partial charge < -0.3 is 10.2 Å². The minimum atomic E-state index is -0.345. The first-order valence-electron chi connectivity index (χ1n) is 6.20. The maximum Gasteiger partial charge on any atom is 0.324 e. The third-order valence-electron chi connectivity index (χ3n) is 2.98. The van der Waals surface area contributed by atoms with E-state index < -0.39 is 0 Å². The third kappa shape index (κ3) is 3.86. The molecule has 1 atom stereocenters. The van der Waals surface area contributed by atoms with E-state index in [1.807, 2.05) is 5.38 Å². The lowest BCUT2D eigenvalue weighted by atomic mass is 10.2. The molecule has 20 heavy (non-hydrogen) atoms. The number of rotatable bonds is 7. The molecule has 0 saturated carbocycles. The largest absolute Gasteiger partial charge is 0.324 e. The quantitative estimate of drug-likeness (QED) is 0.630. The number of nitrogens with zero attached hydrogens (tertiary/aromatic N) is 2. The Balaban J connectivity index is 1.88. The van der Waals surface area contributed by atoms with E-state index >= 15 is 0 Å². The summed E-state index contributed by atoms with van der Waals surface area (Å²) in [7, 11) is 4.11. The molecule has 0 aliphatic heterocycles. The lowest BCUT2D eigenvalue weighted by molar-refractivity contribution is -0.380. The van der Waals surface area contributed by atoms with Gasteiger partial charge in [-0.15, -0.1) is 11.3 Å². The van der Waals surface area contributed by atoms with Gasteiger partial charge >= 0.3 is 5.00 Å². The predicted octanol–water partition coefficient (Wildman–Crippen LogP) is 3.11. The zero-order valence-corrected chi connectivity index (χ0v) is 13.0. The Bertz CT molecular complexity index is 552. The van der Waals surface area contributed by atoms with Crippen LogP contribution < -0.4 is 5.32 Å². The van der Waals surface area contributed by atoms with Crippen molar-refractivity contribution in [1.29, 1.82) is 0 Å². The molecule has 5 nitrogen and oxygen atoms in total. The average Bonchev–Trinajstić information content (AvgIpc) is 3.05. The molecule has 0 fully saturated rings. The maximum absolute atomic E-state index is 10.6. The highest BCUT2D eigenvalue weighted by Gasteiger charge is 2.15. The van der Waals surface area contributed by atoms with Crippen molar-refractivity contribution in [3.63, 3.8) is 0 Å². The lowest BCUT2D eigenvalue weighted by Crippen LogP contribution is -2.30. The van der Waals surface area contributed by atoms with Crippen molar-refractivity contribution in [2.75, 3.05) is 20.6 Å². The summed E-state index contributed by atoms with van der Waals surface area (Å²) in [5, 5.41) is 18.1. The van der Waals surface area contributed by atoms with E-state index in [0.29, 0.717) is 12.6 Å². The standard InChI is InChI=1S/C13H17N3O2S2/c1-15(2)11(12-4-3-5-19-12)8-14-7-10-6-13(16(17)18)20-9-10/h3-6,9,11,14H,7-8H2,1-2H3. The van der Waals surface area contributed by atoms with Crippen LogP contribution in [0.5, 0.6) is 0 Å². The van der Waals surface area contributed by atoms with Crippen molar-refractivity contribution in [3.05, 3.63) is 49.5 Å². The Morgan fingerprint density at radius 3 is 2.80 bits per heavy atom. The van der Waals surface area contributed by atoms with E-state index in [2.05, 4.69) is 41.8 Å². The zero-order chi connectivity index (χ0) is 14.5. The predicted molar refractivity (Wildman–Crippen MR) is 83.4 cm³/mol. The number of nitrogens with one attached hydrogen (secondary N) is 1. The van der Waals surface area contributed by atoms with Crippen molar-refractivity contribution < 1.29 is 4.92 Å². The first-order chi connectivity index (χ1) is 9.58. The second-order valence-corrected chi connectivity index (χ2v) is 6.54. The first kappa shape index (κ1) is 15.1. The summed E-state index contributed by atoms with van der Waals surface area (Å²) in [6.07, 6.45) is 0. The molecule has 0 bridgehead atoms. The Morgan fingerprint density at radius 2 is 2.25 bits per heavy atom.